The van der Waals surface area contributed by atoms with Gasteiger partial charge in [-0.05, 0) is 16.5 Å². The number of rotatable bonds is 2. The average molecular weight is 218 g/mol. The van der Waals surface area contributed by atoms with Gasteiger partial charge in [0.2, 0.25) is 5.96 Å². The summed E-state index contributed by atoms with van der Waals surface area (Å²) < 4.78 is 0. The maximum atomic E-state index is 5.15. The van der Waals surface area contributed by atoms with Gasteiger partial charge in [-0.15, -0.1) is 5.10 Å². The van der Waals surface area contributed by atoms with Crippen LogP contribution in [0.25, 0.3) is 0 Å². The van der Waals surface area contributed by atoms with Crippen LogP contribution in [0.4, 0.5) is 0 Å². The summed E-state index contributed by atoms with van der Waals surface area (Å²) in [6, 6.07) is 8.15. The largest absolute Gasteiger partial charge is 0.369 e. The Morgan fingerprint density at radius 2 is 1.69 bits per heavy atom. The summed E-state index contributed by atoms with van der Waals surface area (Å²) in [5.41, 5.74) is 12.7. The monoisotopic (exact) mass is 218 g/mol. The normalized spacial score (nSPS) is 11.7. The van der Waals surface area contributed by atoms with Crippen LogP contribution in [0.5, 0.6) is 0 Å². The molecule has 0 bridgehead atoms. The molecule has 86 valence electrons. The molecule has 0 unspecified atom stereocenters. The molecule has 0 saturated heterocycles. The SMILES string of the molecule is CC(C)(C)c1ccc(/C=N/N=C(N)N)cc1. The maximum absolute atomic E-state index is 5.15. The minimum Gasteiger partial charge on any atom is -0.369 e. The smallest absolute Gasteiger partial charge is 0.211 e. The highest BCUT2D eigenvalue weighted by Gasteiger charge is 2.12. The van der Waals surface area contributed by atoms with Gasteiger partial charge in [0.15, 0.2) is 0 Å². The molecule has 0 aliphatic rings. The third kappa shape index (κ3) is 3.73. The molecule has 1 aromatic rings. The predicted octanol–water partition coefficient (Wildman–Crippen LogP) is 1.59. The second-order valence-electron chi connectivity index (χ2n) is 4.64. The molecule has 1 aromatic carbocycles. The Balaban J connectivity index is 2.80. The molecule has 0 heterocycles. The topological polar surface area (TPSA) is 76.8 Å². The van der Waals surface area contributed by atoms with Crippen LogP contribution in [0.3, 0.4) is 0 Å². The van der Waals surface area contributed by atoms with Crippen LogP contribution >= 0.6 is 0 Å². The third-order valence-electron chi connectivity index (χ3n) is 2.16. The lowest BCUT2D eigenvalue weighted by atomic mass is 9.87. The Morgan fingerprint density at radius 1 is 1.12 bits per heavy atom. The van der Waals surface area contributed by atoms with E-state index in [4.69, 9.17) is 11.5 Å². The summed E-state index contributed by atoms with van der Waals surface area (Å²) in [6.45, 7) is 6.53. The van der Waals surface area contributed by atoms with Gasteiger partial charge in [0.1, 0.15) is 0 Å². The van der Waals surface area contributed by atoms with Gasteiger partial charge in [0, 0.05) is 0 Å². The lowest BCUT2D eigenvalue weighted by molar-refractivity contribution is 0.590. The van der Waals surface area contributed by atoms with E-state index in [1.54, 1.807) is 6.21 Å². The van der Waals surface area contributed by atoms with Crippen molar-refractivity contribution in [1.29, 1.82) is 0 Å². The maximum Gasteiger partial charge on any atom is 0.211 e. The molecule has 0 radical (unpaired) electrons. The zero-order valence-electron chi connectivity index (χ0n) is 9.94. The number of benzene rings is 1. The Labute approximate surface area is 96.1 Å². The fraction of sp³-hybridized carbons (Fsp3) is 0.333. The molecule has 0 aromatic heterocycles. The lowest BCUT2D eigenvalue weighted by Crippen LogP contribution is -2.21. The standard InChI is InChI=1S/C12H18N4/c1-12(2,3)10-6-4-9(5-7-10)8-15-16-11(13)14/h4-8H,1-3H3,(H4,13,14,16)/b15-8+. The van der Waals surface area contributed by atoms with Crippen molar-refractivity contribution in [3.63, 3.8) is 0 Å². The molecule has 0 fully saturated rings. The van der Waals surface area contributed by atoms with Gasteiger partial charge in [-0.3, -0.25) is 0 Å². The summed E-state index contributed by atoms with van der Waals surface area (Å²) in [6.07, 6.45) is 1.62. The van der Waals surface area contributed by atoms with E-state index in [0.29, 0.717) is 0 Å². The number of hydrogen-bond donors (Lipinski definition) is 2. The Kier molecular flexibility index (Phi) is 3.66. The van der Waals surface area contributed by atoms with Gasteiger partial charge in [-0.1, -0.05) is 45.0 Å². The quantitative estimate of drug-likeness (QED) is 0.449. The first kappa shape index (κ1) is 12.2. The average Bonchev–Trinajstić information content (AvgIpc) is 2.16. The first-order valence-electron chi connectivity index (χ1n) is 5.12. The van der Waals surface area contributed by atoms with Crippen LogP contribution in [-0.2, 0) is 5.41 Å². The molecular weight excluding hydrogens is 200 g/mol. The van der Waals surface area contributed by atoms with Crippen molar-refractivity contribution in [1.82, 2.24) is 0 Å². The molecule has 0 aliphatic heterocycles. The van der Waals surface area contributed by atoms with Crippen LogP contribution in [0.15, 0.2) is 34.5 Å². The Bertz CT molecular complexity index is 392. The van der Waals surface area contributed by atoms with E-state index in [2.05, 4.69) is 43.1 Å². The molecule has 0 aliphatic carbocycles. The van der Waals surface area contributed by atoms with Gasteiger partial charge >= 0.3 is 0 Å². The van der Waals surface area contributed by atoms with E-state index in [-0.39, 0.29) is 11.4 Å². The molecule has 0 saturated carbocycles. The van der Waals surface area contributed by atoms with E-state index in [1.807, 2.05) is 12.1 Å². The zero-order chi connectivity index (χ0) is 12.2. The van der Waals surface area contributed by atoms with Gasteiger partial charge in [-0.25, -0.2) is 0 Å². The summed E-state index contributed by atoms with van der Waals surface area (Å²) in [4.78, 5) is 0. The van der Waals surface area contributed by atoms with E-state index in [1.165, 1.54) is 5.56 Å². The highest BCUT2D eigenvalue weighted by molar-refractivity contribution is 5.81. The summed E-state index contributed by atoms with van der Waals surface area (Å²) in [5, 5.41) is 7.28. The van der Waals surface area contributed by atoms with Crippen molar-refractivity contribution in [3.05, 3.63) is 35.4 Å². The highest BCUT2D eigenvalue weighted by atomic mass is 15.3. The van der Waals surface area contributed by atoms with Crippen LogP contribution < -0.4 is 11.5 Å². The summed E-state index contributed by atoms with van der Waals surface area (Å²) in [5.74, 6) is -0.0393. The molecule has 1 rings (SSSR count). The molecule has 0 atom stereocenters. The minimum atomic E-state index is -0.0393. The van der Waals surface area contributed by atoms with E-state index < -0.39 is 0 Å². The molecule has 0 amide bonds. The van der Waals surface area contributed by atoms with Crippen molar-refractivity contribution in [2.75, 3.05) is 0 Å². The number of hydrogen-bond acceptors (Lipinski definition) is 2. The number of nitrogens with zero attached hydrogens (tertiary/aromatic N) is 2. The Hall–Kier alpha value is -1.84. The molecule has 16 heavy (non-hydrogen) atoms. The third-order valence-corrected chi connectivity index (χ3v) is 2.16. The van der Waals surface area contributed by atoms with Crippen molar-refractivity contribution in [2.24, 2.45) is 21.7 Å². The zero-order valence-corrected chi connectivity index (χ0v) is 9.94. The lowest BCUT2D eigenvalue weighted by Gasteiger charge is -2.18. The molecule has 4 nitrogen and oxygen atoms in total. The van der Waals surface area contributed by atoms with Gasteiger partial charge in [0.05, 0.1) is 6.21 Å². The van der Waals surface area contributed by atoms with Crippen molar-refractivity contribution in [2.45, 2.75) is 26.2 Å². The first-order valence-corrected chi connectivity index (χ1v) is 5.12. The second kappa shape index (κ2) is 4.79. The van der Waals surface area contributed by atoms with Crippen LogP contribution in [0.2, 0.25) is 0 Å². The van der Waals surface area contributed by atoms with Gasteiger partial charge < -0.3 is 11.5 Å². The molecule has 0 spiro atoms. The molecule has 4 heteroatoms. The van der Waals surface area contributed by atoms with Crippen LogP contribution in [0.1, 0.15) is 31.9 Å². The second-order valence-corrected chi connectivity index (χ2v) is 4.64. The van der Waals surface area contributed by atoms with E-state index in [9.17, 15) is 0 Å². The number of nitrogens with two attached hydrogens (primary N) is 2. The van der Waals surface area contributed by atoms with Crippen molar-refractivity contribution >= 4 is 12.2 Å². The molecular formula is C12H18N4. The van der Waals surface area contributed by atoms with E-state index in [0.717, 1.165) is 5.56 Å². The van der Waals surface area contributed by atoms with Crippen LogP contribution in [-0.4, -0.2) is 12.2 Å². The summed E-state index contributed by atoms with van der Waals surface area (Å²) >= 11 is 0. The fourth-order valence-electron chi connectivity index (χ4n) is 1.23. The van der Waals surface area contributed by atoms with Crippen molar-refractivity contribution < 1.29 is 0 Å². The van der Waals surface area contributed by atoms with Crippen molar-refractivity contribution in [3.8, 4) is 0 Å². The van der Waals surface area contributed by atoms with E-state index >= 15 is 0 Å². The van der Waals surface area contributed by atoms with Gasteiger partial charge in [-0.2, -0.15) is 5.10 Å². The fourth-order valence-corrected chi connectivity index (χ4v) is 1.23. The number of guanidine groups is 1. The molecule has 4 N–H and O–H groups in total. The predicted molar refractivity (Wildman–Crippen MR) is 68.5 cm³/mol. The summed E-state index contributed by atoms with van der Waals surface area (Å²) in [7, 11) is 0. The van der Waals surface area contributed by atoms with Gasteiger partial charge in [0.25, 0.3) is 0 Å². The highest BCUT2D eigenvalue weighted by Crippen LogP contribution is 2.21. The first-order chi connectivity index (χ1) is 7.39. The Morgan fingerprint density at radius 3 is 2.12 bits per heavy atom. The minimum absolute atomic E-state index is 0.0393. The van der Waals surface area contributed by atoms with Crippen LogP contribution in [0, 0.1) is 0 Å².